The van der Waals surface area contributed by atoms with Gasteiger partial charge in [0.1, 0.15) is 6.07 Å². The van der Waals surface area contributed by atoms with Gasteiger partial charge in [0.25, 0.3) is 0 Å². The Kier molecular flexibility index (Phi) is 6.08. The highest BCUT2D eigenvalue weighted by molar-refractivity contribution is 7.89. The number of sulfonamides is 1. The van der Waals surface area contributed by atoms with Gasteiger partial charge in [-0.25, -0.2) is 17.7 Å². The number of rotatable bonds is 6. The normalized spacial score (nSPS) is 12.0. The zero-order valence-electron chi connectivity index (χ0n) is 16.1. The standard InChI is InChI=1S/C20H19N5O2S2/c1-14-4-8-16(9-5-14)23-24-18(12-21)20-22-19(13-28-20)15-6-10-17(11-7-15)29(26,27)25(2)3/h4-11,13,23H,1-3H3/b24-18-. The minimum atomic E-state index is -3.48. The third kappa shape index (κ3) is 4.68. The summed E-state index contributed by atoms with van der Waals surface area (Å²) >= 11 is 1.30. The predicted octanol–water partition coefficient (Wildman–Crippen LogP) is 3.71. The van der Waals surface area contributed by atoms with Crippen LogP contribution in [0, 0.1) is 18.3 Å². The van der Waals surface area contributed by atoms with Crippen LogP contribution in [0.3, 0.4) is 0 Å². The van der Waals surface area contributed by atoms with Gasteiger partial charge in [-0.2, -0.15) is 10.4 Å². The van der Waals surface area contributed by atoms with Crippen molar-refractivity contribution in [2.45, 2.75) is 11.8 Å². The molecular weight excluding hydrogens is 406 g/mol. The topological polar surface area (TPSA) is 98.5 Å². The van der Waals surface area contributed by atoms with Crippen LogP contribution in [0.5, 0.6) is 0 Å². The van der Waals surface area contributed by atoms with E-state index in [1.165, 1.54) is 29.7 Å². The van der Waals surface area contributed by atoms with E-state index in [4.69, 9.17) is 0 Å². The summed E-state index contributed by atoms with van der Waals surface area (Å²) in [4.78, 5) is 4.68. The Morgan fingerprint density at radius 1 is 1.14 bits per heavy atom. The van der Waals surface area contributed by atoms with E-state index in [2.05, 4.69) is 21.6 Å². The highest BCUT2D eigenvalue weighted by Crippen LogP contribution is 2.24. The van der Waals surface area contributed by atoms with Gasteiger partial charge in [0.15, 0.2) is 10.7 Å². The molecule has 9 heteroatoms. The number of nitriles is 1. The minimum Gasteiger partial charge on any atom is -0.277 e. The lowest BCUT2D eigenvalue weighted by atomic mass is 10.2. The number of nitrogens with zero attached hydrogens (tertiary/aromatic N) is 4. The summed E-state index contributed by atoms with van der Waals surface area (Å²) < 4.78 is 25.5. The lowest BCUT2D eigenvalue weighted by Gasteiger charge is -2.11. The highest BCUT2D eigenvalue weighted by atomic mass is 32.2. The molecule has 0 aliphatic heterocycles. The van der Waals surface area contributed by atoms with Crippen molar-refractivity contribution in [1.29, 1.82) is 5.26 Å². The molecule has 0 spiro atoms. The smallest absolute Gasteiger partial charge is 0.242 e. The van der Waals surface area contributed by atoms with Crippen molar-refractivity contribution >= 4 is 32.8 Å². The van der Waals surface area contributed by atoms with Crippen LogP contribution < -0.4 is 5.43 Å². The number of benzene rings is 2. The number of anilines is 1. The van der Waals surface area contributed by atoms with Crippen LogP contribution in [0.4, 0.5) is 5.69 Å². The van der Waals surface area contributed by atoms with Crippen LogP contribution in [-0.4, -0.2) is 37.5 Å². The molecule has 0 bridgehead atoms. The van der Waals surface area contributed by atoms with Crippen LogP contribution in [-0.2, 0) is 10.0 Å². The summed E-state index contributed by atoms with van der Waals surface area (Å²) in [5.41, 5.74) is 6.36. The number of aromatic nitrogens is 1. The molecule has 29 heavy (non-hydrogen) atoms. The molecule has 0 fully saturated rings. The average Bonchev–Trinajstić information content (AvgIpc) is 3.20. The molecule has 1 N–H and O–H groups in total. The van der Waals surface area contributed by atoms with Gasteiger partial charge in [-0.3, -0.25) is 5.43 Å². The van der Waals surface area contributed by atoms with E-state index in [0.717, 1.165) is 16.8 Å². The number of hydrazone groups is 1. The quantitative estimate of drug-likeness (QED) is 0.479. The molecule has 0 radical (unpaired) electrons. The molecule has 7 nitrogen and oxygen atoms in total. The second-order valence-corrected chi connectivity index (χ2v) is 9.41. The van der Waals surface area contributed by atoms with E-state index in [-0.39, 0.29) is 10.6 Å². The van der Waals surface area contributed by atoms with Gasteiger partial charge in [-0.05, 0) is 31.2 Å². The number of hydrogen-bond donors (Lipinski definition) is 1. The van der Waals surface area contributed by atoms with E-state index in [9.17, 15) is 13.7 Å². The summed E-state index contributed by atoms with van der Waals surface area (Å²) in [5.74, 6) is 0. The maximum Gasteiger partial charge on any atom is 0.242 e. The monoisotopic (exact) mass is 425 g/mol. The summed E-state index contributed by atoms with van der Waals surface area (Å²) in [6.45, 7) is 1.99. The Morgan fingerprint density at radius 2 is 1.79 bits per heavy atom. The van der Waals surface area contributed by atoms with Crippen molar-refractivity contribution in [1.82, 2.24) is 9.29 Å². The molecule has 148 valence electrons. The van der Waals surface area contributed by atoms with Crippen molar-refractivity contribution < 1.29 is 8.42 Å². The van der Waals surface area contributed by atoms with Crippen LogP contribution in [0.25, 0.3) is 11.3 Å². The Bertz CT molecular complexity index is 1170. The highest BCUT2D eigenvalue weighted by Gasteiger charge is 2.17. The number of thiazole rings is 1. The fourth-order valence-electron chi connectivity index (χ4n) is 2.39. The van der Waals surface area contributed by atoms with Gasteiger partial charge < -0.3 is 0 Å². The van der Waals surface area contributed by atoms with E-state index in [0.29, 0.717) is 10.7 Å². The van der Waals surface area contributed by atoms with E-state index >= 15 is 0 Å². The summed E-state index contributed by atoms with van der Waals surface area (Å²) in [6.07, 6.45) is 0. The van der Waals surface area contributed by atoms with Crippen molar-refractivity contribution in [3.8, 4) is 17.3 Å². The Morgan fingerprint density at radius 3 is 2.38 bits per heavy atom. The first-order valence-corrected chi connectivity index (χ1v) is 10.9. The van der Waals surface area contributed by atoms with E-state index in [1.54, 1.807) is 24.3 Å². The molecule has 1 heterocycles. The van der Waals surface area contributed by atoms with Crippen molar-refractivity contribution in [2.24, 2.45) is 5.10 Å². The third-order valence-electron chi connectivity index (χ3n) is 4.09. The van der Waals surface area contributed by atoms with Crippen molar-refractivity contribution in [3.63, 3.8) is 0 Å². The molecule has 3 aromatic rings. The SMILES string of the molecule is Cc1ccc(N/N=C(/C#N)c2nc(-c3ccc(S(=O)(=O)N(C)C)cc3)cs2)cc1. The fourth-order valence-corrected chi connectivity index (χ4v) is 4.06. The molecule has 0 aliphatic carbocycles. The first kappa shape index (κ1) is 20.7. The van der Waals surface area contributed by atoms with Crippen LogP contribution in [0.15, 0.2) is 63.9 Å². The van der Waals surface area contributed by atoms with Gasteiger partial charge in [-0.15, -0.1) is 11.3 Å². The molecule has 0 amide bonds. The van der Waals surface area contributed by atoms with Crippen molar-refractivity contribution in [3.05, 3.63) is 64.5 Å². The predicted molar refractivity (Wildman–Crippen MR) is 115 cm³/mol. The molecule has 0 saturated carbocycles. The first-order valence-electron chi connectivity index (χ1n) is 8.60. The molecule has 0 saturated heterocycles. The van der Waals surface area contributed by atoms with E-state index in [1.807, 2.05) is 36.6 Å². The van der Waals surface area contributed by atoms with Crippen LogP contribution in [0.1, 0.15) is 10.6 Å². The number of hydrogen-bond acceptors (Lipinski definition) is 7. The Balaban J connectivity index is 1.81. The van der Waals surface area contributed by atoms with Gasteiger partial charge in [0.05, 0.1) is 16.3 Å². The largest absolute Gasteiger partial charge is 0.277 e. The second-order valence-electron chi connectivity index (χ2n) is 6.40. The molecular formula is C20H19N5O2S2. The fraction of sp³-hybridized carbons (Fsp3) is 0.150. The van der Waals surface area contributed by atoms with Gasteiger partial charge in [0, 0.05) is 25.0 Å². The Labute approximate surface area is 174 Å². The molecule has 0 unspecified atom stereocenters. The zero-order valence-corrected chi connectivity index (χ0v) is 17.8. The maximum absolute atomic E-state index is 12.2. The van der Waals surface area contributed by atoms with Gasteiger partial charge in [-0.1, -0.05) is 29.8 Å². The number of nitrogens with one attached hydrogen (secondary N) is 1. The van der Waals surface area contributed by atoms with Crippen LogP contribution in [0.2, 0.25) is 0 Å². The summed E-state index contributed by atoms with van der Waals surface area (Å²) in [5, 5.41) is 15.9. The first-order chi connectivity index (χ1) is 13.8. The van der Waals surface area contributed by atoms with E-state index < -0.39 is 10.0 Å². The third-order valence-corrected chi connectivity index (χ3v) is 6.77. The zero-order chi connectivity index (χ0) is 21.0. The molecule has 1 aromatic heterocycles. The van der Waals surface area contributed by atoms with Crippen molar-refractivity contribution in [2.75, 3.05) is 19.5 Å². The molecule has 3 rings (SSSR count). The van der Waals surface area contributed by atoms with Crippen LogP contribution >= 0.6 is 11.3 Å². The van der Waals surface area contributed by atoms with Gasteiger partial charge >= 0.3 is 0 Å². The molecule has 0 aliphatic rings. The second kappa shape index (κ2) is 8.53. The minimum absolute atomic E-state index is 0.175. The average molecular weight is 426 g/mol. The molecule has 2 aromatic carbocycles. The summed E-state index contributed by atoms with van der Waals surface area (Å²) in [6, 6.07) is 16.2. The lowest BCUT2D eigenvalue weighted by Crippen LogP contribution is -2.22. The Hall–Kier alpha value is -3.06. The van der Waals surface area contributed by atoms with Gasteiger partial charge in [0.2, 0.25) is 10.0 Å². The molecule has 0 atom stereocenters. The lowest BCUT2D eigenvalue weighted by molar-refractivity contribution is 0.521. The maximum atomic E-state index is 12.2. The number of aryl methyl sites for hydroxylation is 1. The summed E-state index contributed by atoms with van der Waals surface area (Å²) in [7, 11) is -0.501.